The lowest BCUT2D eigenvalue weighted by Gasteiger charge is -2.24. The average Bonchev–Trinajstić information content (AvgIpc) is 2.90. The van der Waals surface area contributed by atoms with Crippen molar-refractivity contribution in [3.8, 4) is 5.69 Å². The largest absolute Gasteiger partial charge is 0.385 e. The van der Waals surface area contributed by atoms with Gasteiger partial charge in [0.2, 0.25) is 0 Å². The molecule has 0 bridgehead atoms. The Kier molecular flexibility index (Phi) is 3.82. The second-order valence-corrected chi connectivity index (χ2v) is 4.89. The van der Waals surface area contributed by atoms with E-state index in [4.69, 9.17) is 0 Å². The van der Waals surface area contributed by atoms with Crippen LogP contribution >= 0.6 is 0 Å². The number of nitrogens with zero attached hydrogens (tertiary/aromatic N) is 2. The first-order chi connectivity index (χ1) is 8.63. The number of benzene rings is 1. The van der Waals surface area contributed by atoms with Gasteiger partial charge in [-0.05, 0) is 31.0 Å². The zero-order chi connectivity index (χ0) is 13.0. The lowest BCUT2D eigenvalue weighted by atomic mass is 9.90. The van der Waals surface area contributed by atoms with E-state index < -0.39 is 5.60 Å². The molecule has 2 aromatic rings. The first-order valence-corrected chi connectivity index (χ1v) is 6.45. The van der Waals surface area contributed by atoms with Gasteiger partial charge >= 0.3 is 0 Å². The zero-order valence-corrected chi connectivity index (χ0v) is 11.0. The van der Waals surface area contributed by atoms with Gasteiger partial charge in [0.15, 0.2) is 0 Å². The Balaban J connectivity index is 2.17. The fourth-order valence-electron chi connectivity index (χ4n) is 2.07. The molecule has 0 amide bonds. The van der Waals surface area contributed by atoms with Gasteiger partial charge in [-0.25, -0.2) is 4.98 Å². The minimum Gasteiger partial charge on any atom is -0.385 e. The van der Waals surface area contributed by atoms with Gasteiger partial charge in [-0.3, -0.25) is 0 Å². The molecule has 3 nitrogen and oxygen atoms in total. The summed E-state index contributed by atoms with van der Waals surface area (Å²) in [6.07, 6.45) is 8.37. The third-order valence-corrected chi connectivity index (χ3v) is 3.31. The molecule has 0 aliphatic rings. The third-order valence-electron chi connectivity index (χ3n) is 3.31. The Morgan fingerprint density at radius 2 is 2.00 bits per heavy atom. The molecule has 1 aromatic heterocycles. The summed E-state index contributed by atoms with van der Waals surface area (Å²) in [5.74, 6) is 0. The van der Waals surface area contributed by atoms with Gasteiger partial charge in [0.1, 0.15) is 0 Å². The van der Waals surface area contributed by atoms with E-state index in [0.717, 1.165) is 30.5 Å². The Bertz CT molecular complexity index is 472. The van der Waals surface area contributed by atoms with Crippen molar-refractivity contribution in [2.45, 2.75) is 38.7 Å². The van der Waals surface area contributed by atoms with Crippen molar-refractivity contribution in [1.29, 1.82) is 0 Å². The van der Waals surface area contributed by atoms with Crippen LogP contribution in [0.5, 0.6) is 0 Å². The summed E-state index contributed by atoms with van der Waals surface area (Å²) >= 11 is 0. The van der Waals surface area contributed by atoms with Crippen molar-refractivity contribution in [3.63, 3.8) is 0 Å². The van der Waals surface area contributed by atoms with Gasteiger partial charge in [0, 0.05) is 18.1 Å². The fourth-order valence-corrected chi connectivity index (χ4v) is 2.07. The first-order valence-electron chi connectivity index (χ1n) is 6.45. The molecule has 1 atom stereocenters. The number of hydrogen-bond acceptors (Lipinski definition) is 2. The summed E-state index contributed by atoms with van der Waals surface area (Å²) in [4.78, 5) is 4.02. The van der Waals surface area contributed by atoms with Gasteiger partial charge in [0.05, 0.1) is 11.9 Å². The summed E-state index contributed by atoms with van der Waals surface area (Å²) in [6, 6.07) is 8.00. The average molecular weight is 244 g/mol. The minimum atomic E-state index is -0.733. The normalized spacial score (nSPS) is 14.4. The van der Waals surface area contributed by atoms with E-state index in [-0.39, 0.29) is 0 Å². The van der Waals surface area contributed by atoms with Crippen molar-refractivity contribution in [3.05, 3.63) is 48.5 Å². The van der Waals surface area contributed by atoms with Crippen LogP contribution in [0.3, 0.4) is 0 Å². The van der Waals surface area contributed by atoms with E-state index in [9.17, 15) is 5.11 Å². The number of aromatic nitrogens is 2. The number of hydrogen-bond donors (Lipinski definition) is 1. The fraction of sp³-hybridized carbons (Fsp3) is 0.400. The molecule has 1 aromatic carbocycles. The standard InChI is InChI=1S/C15H20N2O/c1-3-4-9-15(2,18)13-5-7-14(8-6-13)17-11-10-16-12-17/h5-8,10-12,18H,3-4,9H2,1-2H3/t15-/m1/s1. The molecule has 0 unspecified atom stereocenters. The van der Waals surface area contributed by atoms with Crippen LogP contribution in [0.25, 0.3) is 5.69 Å². The summed E-state index contributed by atoms with van der Waals surface area (Å²) in [5.41, 5.74) is 1.30. The molecule has 0 aliphatic heterocycles. The number of unbranched alkanes of at least 4 members (excludes halogenated alkanes) is 1. The van der Waals surface area contributed by atoms with Crippen LogP contribution in [0.15, 0.2) is 43.0 Å². The van der Waals surface area contributed by atoms with E-state index in [1.807, 2.05) is 42.0 Å². The molecular weight excluding hydrogens is 224 g/mol. The Morgan fingerprint density at radius 3 is 2.56 bits per heavy atom. The van der Waals surface area contributed by atoms with E-state index in [0.29, 0.717) is 0 Å². The van der Waals surface area contributed by atoms with Crippen LogP contribution in [0.2, 0.25) is 0 Å². The van der Waals surface area contributed by atoms with Crippen molar-refractivity contribution in [1.82, 2.24) is 9.55 Å². The third kappa shape index (κ3) is 2.79. The molecule has 96 valence electrons. The summed E-state index contributed by atoms with van der Waals surface area (Å²) < 4.78 is 1.95. The molecular formula is C15H20N2O. The van der Waals surface area contributed by atoms with E-state index in [1.165, 1.54) is 0 Å². The lowest BCUT2D eigenvalue weighted by Crippen LogP contribution is -2.20. The second kappa shape index (κ2) is 5.36. The SMILES string of the molecule is CCCC[C@@](C)(O)c1ccc(-n2ccnc2)cc1. The molecule has 18 heavy (non-hydrogen) atoms. The first kappa shape index (κ1) is 12.8. The molecule has 0 saturated carbocycles. The predicted molar refractivity (Wildman–Crippen MR) is 72.7 cm³/mol. The number of imidazole rings is 1. The quantitative estimate of drug-likeness (QED) is 0.876. The molecule has 0 saturated heterocycles. The highest BCUT2D eigenvalue weighted by Gasteiger charge is 2.21. The van der Waals surface area contributed by atoms with Gasteiger partial charge < -0.3 is 9.67 Å². The second-order valence-electron chi connectivity index (χ2n) is 4.89. The lowest BCUT2D eigenvalue weighted by molar-refractivity contribution is 0.0454. The van der Waals surface area contributed by atoms with E-state index in [1.54, 1.807) is 12.5 Å². The minimum absolute atomic E-state index is 0.733. The van der Waals surface area contributed by atoms with Crippen molar-refractivity contribution in [2.24, 2.45) is 0 Å². The van der Waals surface area contributed by atoms with Crippen LogP contribution in [0.4, 0.5) is 0 Å². The summed E-state index contributed by atoms with van der Waals surface area (Å²) in [5, 5.41) is 10.4. The number of aliphatic hydroxyl groups is 1. The van der Waals surface area contributed by atoms with Gasteiger partial charge in [0.25, 0.3) is 0 Å². The molecule has 0 fully saturated rings. The number of rotatable bonds is 5. The van der Waals surface area contributed by atoms with Crippen LogP contribution in [-0.4, -0.2) is 14.7 Å². The molecule has 3 heteroatoms. The molecule has 1 heterocycles. The molecule has 1 N–H and O–H groups in total. The highest BCUT2D eigenvalue weighted by atomic mass is 16.3. The molecule has 0 radical (unpaired) electrons. The summed E-state index contributed by atoms with van der Waals surface area (Å²) in [7, 11) is 0. The van der Waals surface area contributed by atoms with E-state index in [2.05, 4.69) is 11.9 Å². The highest BCUT2D eigenvalue weighted by molar-refractivity contribution is 5.36. The summed E-state index contributed by atoms with van der Waals surface area (Å²) in [6.45, 7) is 4.02. The topological polar surface area (TPSA) is 38.0 Å². The molecule has 0 spiro atoms. The Morgan fingerprint density at radius 1 is 1.28 bits per heavy atom. The highest BCUT2D eigenvalue weighted by Crippen LogP contribution is 2.27. The van der Waals surface area contributed by atoms with E-state index >= 15 is 0 Å². The molecule has 2 rings (SSSR count). The monoisotopic (exact) mass is 244 g/mol. The van der Waals surface area contributed by atoms with Crippen LogP contribution < -0.4 is 0 Å². The predicted octanol–water partition coefficient (Wildman–Crippen LogP) is 3.27. The van der Waals surface area contributed by atoms with Gasteiger partial charge in [-0.2, -0.15) is 0 Å². The Hall–Kier alpha value is -1.61. The maximum Gasteiger partial charge on any atom is 0.0991 e. The molecule has 0 aliphatic carbocycles. The smallest absolute Gasteiger partial charge is 0.0991 e. The maximum atomic E-state index is 10.4. The van der Waals surface area contributed by atoms with Crippen LogP contribution in [-0.2, 0) is 5.60 Å². The van der Waals surface area contributed by atoms with Crippen molar-refractivity contribution >= 4 is 0 Å². The maximum absolute atomic E-state index is 10.4. The van der Waals surface area contributed by atoms with Crippen LogP contribution in [0.1, 0.15) is 38.7 Å². The van der Waals surface area contributed by atoms with Crippen LogP contribution in [0, 0.1) is 0 Å². The van der Waals surface area contributed by atoms with Crippen molar-refractivity contribution < 1.29 is 5.11 Å². The van der Waals surface area contributed by atoms with Gasteiger partial charge in [-0.1, -0.05) is 31.9 Å². The zero-order valence-electron chi connectivity index (χ0n) is 11.0. The van der Waals surface area contributed by atoms with Crippen molar-refractivity contribution in [2.75, 3.05) is 0 Å². The Labute approximate surface area is 108 Å². The van der Waals surface area contributed by atoms with Gasteiger partial charge in [-0.15, -0.1) is 0 Å².